The van der Waals surface area contributed by atoms with Crippen molar-refractivity contribution in [3.8, 4) is 0 Å². The number of carbonyl (C=O) groups is 2. The van der Waals surface area contributed by atoms with Gasteiger partial charge >= 0.3 is 0 Å². The normalized spacial score (nSPS) is 22.1. The van der Waals surface area contributed by atoms with Crippen molar-refractivity contribution in [2.75, 3.05) is 37.3 Å². The second-order valence-corrected chi connectivity index (χ2v) is 5.80. The zero-order chi connectivity index (χ0) is 14.3. The van der Waals surface area contributed by atoms with Gasteiger partial charge in [0.1, 0.15) is 10.6 Å². The molecule has 108 valence electrons. The molecule has 7 nitrogen and oxygen atoms in total. The molecule has 1 aromatic rings. The first-order chi connectivity index (χ1) is 9.61. The Balaban J connectivity index is 1.84. The first-order valence-electron chi connectivity index (χ1n) is 6.63. The average Bonchev–Trinajstić information content (AvgIpc) is 3.01. The number of amides is 2. The molecule has 2 aliphatic heterocycles. The van der Waals surface area contributed by atoms with Gasteiger partial charge in [-0.1, -0.05) is 0 Å². The number of hydrogen-bond donors (Lipinski definition) is 2. The fourth-order valence-corrected chi connectivity index (χ4v) is 3.74. The highest BCUT2D eigenvalue weighted by atomic mass is 32.1. The molecule has 2 saturated heterocycles. The molecule has 0 spiro atoms. The number of nitrogens with one attached hydrogen (secondary N) is 1. The number of nitrogens with zero attached hydrogens (tertiary/aromatic N) is 3. The van der Waals surface area contributed by atoms with Gasteiger partial charge < -0.3 is 20.9 Å². The Bertz CT molecular complexity index is 558. The van der Waals surface area contributed by atoms with Gasteiger partial charge in [0, 0.05) is 39.1 Å². The van der Waals surface area contributed by atoms with Crippen LogP contribution in [0.5, 0.6) is 0 Å². The second kappa shape index (κ2) is 4.93. The van der Waals surface area contributed by atoms with Crippen molar-refractivity contribution < 1.29 is 9.59 Å². The Kier molecular flexibility index (Phi) is 3.25. The van der Waals surface area contributed by atoms with Crippen LogP contribution in [0.4, 0.5) is 10.8 Å². The Labute approximate surface area is 120 Å². The van der Waals surface area contributed by atoms with Crippen molar-refractivity contribution in [2.24, 2.45) is 0 Å². The van der Waals surface area contributed by atoms with E-state index in [2.05, 4.69) is 14.6 Å². The summed E-state index contributed by atoms with van der Waals surface area (Å²) in [6.45, 7) is 2.17. The maximum absolute atomic E-state index is 11.9. The summed E-state index contributed by atoms with van der Waals surface area (Å²) in [6.07, 6.45) is 1.52. The molecule has 0 radical (unpaired) electrons. The Morgan fingerprint density at radius 2 is 2.30 bits per heavy atom. The van der Waals surface area contributed by atoms with Gasteiger partial charge in [-0.15, -0.1) is 0 Å². The second-order valence-electron chi connectivity index (χ2n) is 5.05. The van der Waals surface area contributed by atoms with E-state index >= 15 is 0 Å². The minimum Gasteiger partial charge on any atom is -0.382 e. The number of fused-ring (bicyclic) bond motifs is 1. The summed E-state index contributed by atoms with van der Waals surface area (Å²) >= 11 is 1.25. The standard InChI is InChI=1S/C12H17N5O2S/c1-14-11(19)9-10(13)15-20-12(9)16-4-5-17-7(6-16)2-3-8(17)18/h7H,2-6H2,1H3,(H2,13,15)(H,14,19). The molecular weight excluding hydrogens is 278 g/mol. The number of carbonyl (C=O) groups excluding carboxylic acids is 2. The number of piperazine rings is 1. The summed E-state index contributed by atoms with van der Waals surface area (Å²) in [5.41, 5.74) is 6.25. The monoisotopic (exact) mass is 295 g/mol. The molecule has 20 heavy (non-hydrogen) atoms. The van der Waals surface area contributed by atoms with Gasteiger partial charge in [0.15, 0.2) is 5.82 Å². The maximum Gasteiger partial charge on any atom is 0.257 e. The number of rotatable bonds is 2. The van der Waals surface area contributed by atoms with Crippen LogP contribution in [0.3, 0.4) is 0 Å². The Hall–Kier alpha value is -1.83. The number of anilines is 2. The molecule has 3 N–H and O–H groups in total. The van der Waals surface area contributed by atoms with Gasteiger partial charge in [-0.3, -0.25) is 9.59 Å². The summed E-state index contributed by atoms with van der Waals surface area (Å²) in [5, 5.41) is 3.40. The van der Waals surface area contributed by atoms with Crippen LogP contribution in [0.25, 0.3) is 0 Å². The lowest BCUT2D eigenvalue weighted by Crippen LogP contribution is -2.51. The number of nitrogens with two attached hydrogens (primary N) is 1. The van der Waals surface area contributed by atoms with E-state index in [4.69, 9.17) is 5.73 Å². The van der Waals surface area contributed by atoms with Gasteiger partial charge in [0.2, 0.25) is 5.91 Å². The lowest BCUT2D eigenvalue weighted by Gasteiger charge is -2.38. The zero-order valence-electron chi connectivity index (χ0n) is 11.3. The minimum absolute atomic E-state index is 0.212. The predicted molar refractivity (Wildman–Crippen MR) is 76.9 cm³/mol. The lowest BCUT2D eigenvalue weighted by atomic mass is 10.1. The van der Waals surface area contributed by atoms with Crippen LogP contribution in [0.1, 0.15) is 23.2 Å². The van der Waals surface area contributed by atoms with Crippen LogP contribution < -0.4 is 16.0 Å². The van der Waals surface area contributed by atoms with Crippen molar-refractivity contribution in [3.63, 3.8) is 0 Å². The minimum atomic E-state index is -0.212. The first-order valence-corrected chi connectivity index (χ1v) is 7.40. The molecule has 0 bridgehead atoms. The van der Waals surface area contributed by atoms with E-state index in [0.29, 0.717) is 25.1 Å². The SMILES string of the molecule is CNC(=O)c1c(N)nsc1N1CCN2C(=O)CCC2C1. The van der Waals surface area contributed by atoms with Gasteiger partial charge in [0.25, 0.3) is 5.91 Å². The highest BCUT2D eigenvalue weighted by Crippen LogP contribution is 2.33. The van der Waals surface area contributed by atoms with Gasteiger partial charge in [-0.25, -0.2) is 0 Å². The first kappa shape index (κ1) is 13.2. The van der Waals surface area contributed by atoms with E-state index < -0.39 is 0 Å². The number of hydrogen-bond acceptors (Lipinski definition) is 6. The largest absolute Gasteiger partial charge is 0.382 e. The molecule has 1 unspecified atom stereocenters. The molecule has 3 heterocycles. The third-order valence-corrected chi connectivity index (χ3v) is 4.86. The summed E-state index contributed by atoms with van der Waals surface area (Å²) in [7, 11) is 1.58. The van der Waals surface area contributed by atoms with Crippen molar-refractivity contribution in [1.29, 1.82) is 0 Å². The van der Waals surface area contributed by atoms with Crippen molar-refractivity contribution >= 4 is 34.2 Å². The van der Waals surface area contributed by atoms with Crippen LogP contribution in [0.15, 0.2) is 0 Å². The van der Waals surface area contributed by atoms with Crippen LogP contribution in [0.2, 0.25) is 0 Å². The molecule has 2 amide bonds. The zero-order valence-corrected chi connectivity index (χ0v) is 12.1. The number of aromatic nitrogens is 1. The fourth-order valence-electron chi connectivity index (χ4n) is 2.90. The molecule has 3 rings (SSSR count). The molecule has 8 heteroatoms. The van der Waals surface area contributed by atoms with Crippen LogP contribution in [-0.4, -0.2) is 53.8 Å². The van der Waals surface area contributed by atoms with Gasteiger partial charge in [-0.05, 0) is 18.0 Å². The van der Waals surface area contributed by atoms with E-state index in [1.54, 1.807) is 7.05 Å². The van der Waals surface area contributed by atoms with Crippen LogP contribution >= 0.6 is 11.5 Å². The molecular formula is C12H17N5O2S. The average molecular weight is 295 g/mol. The van der Waals surface area contributed by atoms with Crippen LogP contribution in [0, 0.1) is 0 Å². The summed E-state index contributed by atoms with van der Waals surface area (Å²) in [4.78, 5) is 27.7. The maximum atomic E-state index is 11.9. The highest BCUT2D eigenvalue weighted by molar-refractivity contribution is 7.11. The van der Waals surface area contributed by atoms with E-state index in [9.17, 15) is 9.59 Å². The molecule has 0 aromatic carbocycles. The summed E-state index contributed by atoms with van der Waals surface area (Å²) in [6, 6.07) is 0.247. The predicted octanol–water partition coefficient (Wildman–Crippen LogP) is -0.104. The molecule has 0 saturated carbocycles. The van der Waals surface area contributed by atoms with Crippen molar-refractivity contribution in [3.05, 3.63) is 5.56 Å². The van der Waals surface area contributed by atoms with Crippen molar-refractivity contribution in [2.45, 2.75) is 18.9 Å². The molecule has 1 atom stereocenters. The van der Waals surface area contributed by atoms with E-state index in [-0.39, 0.29) is 23.7 Å². The van der Waals surface area contributed by atoms with E-state index in [1.165, 1.54) is 11.5 Å². The van der Waals surface area contributed by atoms with Gasteiger partial charge in [0.05, 0.1) is 0 Å². The smallest absolute Gasteiger partial charge is 0.257 e. The highest BCUT2D eigenvalue weighted by Gasteiger charge is 2.37. The third-order valence-electron chi connectivity index (χ3n) is 3.94. The third kappa shape index (κ3) is 2.00. The molecule has 2 aliphatic rings. The van der Waals surface area contributed by atoms with Crippen molar-refractivity contribution in [1.82, 2.24) is 14.6 Å². The molecule has 1 aromatic heterocycles. The fraction of sp³-hybridized carbons (Fsp3) is 0.583. The summed E-state index contributed by atoms with van der Waals surface area (Å²) < 4.78 is 4.10. The molecule has 0 aliphatic carbocycles. The van der Waals surface area contributed by atoms with E-state index in [1.807, 2.05) is 4.90 Å². The topological polar surface area (TPSA) is 91.6 Å². The quantitative estimate of drug-likeness (QED) is 0.795. The Morgan fingerprint density at radius 3 is 3.05 bits per heavy atom. The lowest BCUT2D eigenvalue weighted by molar-refractivity contribution is -0.129. The van der Waals surface area contributed by atoms with Crippen LogP contribution in [-0.2, 0) is 4.79 Å². The Morgan fingerprint density at radius 1 is 1.50 bits per heavy atom. The van der Waals surface area contributed by atoms with E-state index in [0.717, 1.165) is 18.0 Å². The summed E-state index contributed by atoms with van der Waals surface area (Å²) in [5.74, 6) is 0.301. The number of nitrogen functional groups attached to an aromatic ring is 1. The van der Waals surface area contributed by atoms with Gasteiger partial charge in [-0.2, -0.15) is 4.37 Å². The molecule has 2 fully saturated rings.